The Morgan fingerprint density at radius 3 is 2.81 bits per heavy atom. The largest absolute Gasteiger partial charge is 0.404 e. The van der Waals surface area contributed by atoms with Gasteiger partial charge in [-0.1, -0.05) is 5.16 Å². The lowest BCUT2D eigenvalue weighted by Crippen LogP contribution is -2.44. The number of alkyl halides is 3. The van der Waals surface area contributed by atoms with Crippen LogP contribution in [0.15, 0.2) is 9.90 Å². The lowest BCUT2D eigenvalue weighted by atomic mass is 9.86. The number of aryl methyl sites for hydroxylation is 1. The number of halogens is 3. The highest BCUT2D eigenvalue weighted by molar-refractivity contribution is 7.09. The Morgan fingerprint density at radius 2 is 2.24 bits per heavy atom. The fourth-order valence-electron chi connectivity index (χ4n) is 2.41. The lowest BCUT2D eigenvalue weighted by Gasteiger charge is -2.26. The van der Waals surface area contributed by atoms with Gasteiger partial charge in [-0.05, 0) is 19.9 Å². The van der Waals surface area contributed by atoms with Gasteiger partial charge in [0.05, 0.1) is 17.1 Å². The summed E-state index contributed by atoms with van der Waals surface area (Å²) in [5.41, 5.74) is -1.34. The van der Waals surface area contributed by atoms with E-state index in [0.29, 0.717) is 0 Å². The Balaban J connectivity index is 1.86. The predicted molar refractivity (Wildman–Crippen MR) is 69.2 cm³/mol. The molecule has 2 aromatic heterocycles. The molecular weight excluding hydrogens is 305 g/mol. The van der Waals surface area contributed by atoms with Gasteiger partial charge in [0.2, 0.25) is 5.89 Å². The van der Waals surface area contributed by atoms with Gasteiger partial charge < -0.3 is 9.84 Å². The number of hydrogen-bond donors (Lipinski definition) is 1. The summed E-state index contributed by atoms with van der Waals surface area (Å²) in [6.45, 7) is 1.91. The van der Waals surface area contributed by atoms with Gasteiger partial charge in [-0.2, -0.15) is 18.2 Å². The first-order valence-corrected chi connectivity index (χ1v) is 7.30. The van der Waals surface area contributed by atoms with E-state index in [1.54, 1.807) is 0 Å². The molecule has 21 heavy (non-hydrogen) atoms. The molecule has 2 aromatic rings. The monoisotopic (exact) mass is 318 g/mol. The van der Waals surface area contributed by atoms with Crippen LogP contribution in [0.1, 0.15) is 28.8 Å². The number of hydrogen-bond acceptors (Lipinski definition) is 6. The van der Waals surface area contributed by atoms with Crippen molar-refractivity contribution in [3.05, 3.63) is 27.8 Å². The third-order valence-corrected chi connectivity index (χ3v) is 4.40. The van der Waals surface area contributed by atoms with Crippen LogP contribution >= 0.6 is 11.3 Å². The molecule has 1 aliphatic rings. The Kier molecular flexibility index (Phi) is 3.48. The molecule has 3 heterocycles. The van der Waals surface area contributed by atoms with Crippen LogP contribution in [0, 0.1) is 6.92 Å². The number of aromatic nitrogens is 3. The number of nitrogens with one attached hydrogen (secondary N) is 1. The molecule has 0 aromatic carbocycles. The zero-order valence-electron chi connectivity index (χ0n) is 11.2. The maximum absolute atomic E-state index is 13.4. The SMILES string of the molecule is Cc1nc(Cc2noc(C3(C(F)(F)F)CCNC3)n2)cs1. The lowest BCUT2D eigenvalue weighted by molar-refractivity contribution is -0.191. The van der Waals surface area contributed by atoms with E-state index in [9.17, 15) is 13.2 Å². The fourth-order valence-corrected chi connectivity index (χ4v) is 3.02. The van der Waals surface area contributed by atoms with Gasteiger partial charge in [-0.3, -0.25) is 0 Å². The Hall–Kier alpha value is -1.48. The summed E-state index contributed by atoms with van der Waals surface area (Å²) in [6.07, 6.45) is -4.24. The average molecular weight is 318 g/mol. The van der Waals surface area contributed by atoms with Crippen molar-refractivity contribution >= 4 is 11.3 Å². The molecule has 5 nitrogen and oxygen atoms in total. The Labute approximate surface area is 122 Å². The molecular formula is C12H13F3N4OS. The van der Waals surface area contributed by atoms with Crippen molar-refractivity contribution < 1.29 is 17.7 Å². The van der Waals surface area contributed by atoms with Gasteiger partial charge in [-0.15, -0.1) is 11.3 Å². The van der Waals surface area contributed by atoms with Crippen LogP contribution < -0.4 is 5.32 Å². The Morgan fingerprint density at radius 1 is 1.43 bits per heavy atom. The molecule has 0 spiro atoms. The van der Waals surface area contributed by atoms with Crippen molar-refractivity contribution in [1.29, 1.82) is 0 Å². The van der Waals surface area contributed by atoms with Gasteiger partial charge in [0, 0.05) is 11.9 Å². The van der Waals surface area contributed by atoms with E-state index in [2.05, 4.69) is 20.4 Å². The predicted octanol–water partition coefficient (Wildman–Crippen LogP) is 2.22. The molecule has 1 atom stereocenters. The van der Waals surface area contributed by atoms with Gasteiger partial charge in [0.1, 0.15) is 0 Å². The molecule has 3 rings (SSSR count). The molecule has 0 bridgehead atoms. The fraction of sp³-hybridized carbons (Fsp3) is 0.583. The van der Waals surface area contributed by atoms with Crippen molar-refractivity contribution in [3.63, 3.8) is 0 Å². The quantitative estimate of drug-likeness (QED) is 0.940. The summed E-state index contributed by atoms with van der Waals surface area (Å²) < 4.78 is 45.0. The first-order chi connectivity index (χ1) is 9.91. The first kappa shape index (κ1) is 14.5. The zero-order chi connectivity index (χ0) is 15.1. The van der Waals surface area contributed by atoms with Crippen molar-refractivity contribution in [1.82, 2.24) is 20.4 Å². The summed E-state index contributed by atoms with van der Waals surface area (Å²) in [7, 11) is 0. The zero-order valence-corrected chi connectivity index (χ0v) is 12.0. The maximum atomic E-state index is 13.4. The molecule has 0 radical (unpaired) electrons. The summed E-state index contributed by atoms with van der Waals surface area (Å²) in [5, 5.41) is 9.12. The van der Waals surface area contributed by atoms with E-state index in [4.69, 9.17) is 4.52 Å². The van der Waals surface area contributed by atoms with Crippen molar-refractivity contribution in [2.45, 2.75) is 31.4 Å². The van der Waals surface area contributed by atoms with Crippen LogP contribution in [0.4, 0.5) is 13.2 Å². The van der Waals surface area contributed by atoms with E-state index in [0.717, 1.165) is 10.7 Å². The topological polar surface area (TPSA) is 63.8 Å². The van der Waals surface area contributed by atoms with Crippen LogP contribution in [-0.2, 0) is 11.8 Å². The molecule has 1 N–H and O–H groups in total. The molecule has 0 aliphatic carbocycles. The normalized spacial score (nSPS) is 22.9. The van der Waals surface area contributed by atoms with Crippen LogP contribution in [0.25, 0.3) is 0 Å². The van der Waals surface area contributed by atoms with Crippen molar-refractivity contribution in [3.8, 4) is 0 Å². The molecule has 1 unspecified atom stereocenters. The molecule has 1 fully saturated rings. The van der Waals surface area contributed by atoms with Gasteiger partial charge >= 0.3 is 6.18 Å². The molecule has 1 aliphatic heterocycles. The van der Waals surface area contributed by atoms with E-state index in [-0.39, 0.29) is 37.6 Å². The first-order valence-electron chi connectivity index (χ1n) is 6.42. The second-order valence-electron chi connectivity index (χ2n) is 5.06. The number of nitrogens with zero attached hydrogens (tertiary/aromatic N) is 3. The van der Waals surface area contributed by atoms with E-state index >= 15 is 0 Å². The van der Waals surface area contributed by atoms with Crippen LogP contribution in [0.2, 0.25) is 0 Å². The highest BCUT2D eigenvalue weighted by Gasteiger charge is 2.61. The van der Waals surface area contributed by atoms with E-state index in [1.165, 1.54) is 11.3 Å². The summed E-state index contributed by atoms with van der Waals surface area (Å²) in [6, 6.07) is 0. The molecule has 1 saturated heterocycles. The highest BCUT2D eigenvalue weighted by Crippen LogP contribution is 2.44. The van der Waals surface area contributed by atoms with Crippen LogP contribution in [-0.4, -0.2) is 34.4 Å². The molecule has 114 valence electrons. The standard InChI is InChI=1S/C12H13F3N4OS/c1-7-17-8(5-21-7)4-9-18-10(20-19-9)11(12(13,14)15)2-3-16-6-11/h5,16H,2-4,6H2,1H3. The van der Waals surface area contributed by atoms with Crippen LogP contribution in [0.5, 0.6) is 0 Å². The Bertz CT molecular complexity index is 630. The van der Waals surface area contributed by atoms with Gasteiger partial charge in [-0.25, -0.2) is 4.98 Å². The van der Waals surface area contributed by atoms with E-state index < -0.39 is 11.6 Å². The minimum absolute atomic E-state index is 0.0893. The average Bonchev–Trinajstić information content (AvgIpc) is 3.09. The third-order valence-electron chi connectivity index (χ3n) is 3.58. The summed E-state index contributed by atoms with van der Waals surface area (Å²) in [4.78, 5) is 8.20. The molecule has 0 saturated carbocycles. The second kappa shape index (κ2) is 5.06. The third kappa shape index (κ3) is 2.55. The van der Waals surface area contributed by atoms with Gasteiger partial charge in [0.25, 0.3) is 0 Å². The summed E-state index contributed by atoms with van der Waals surface area (Å²) >= 11 is 1.47. The smallest absolute Gasteiger partial charge is 0.338 e. The van der Waals surface area contributed by atoms with Crippen LogP contribution in [0.3, 0.4) is 0 Å². The number of thiazole rings is 1. The van der Waals surface area contributed by atoms with Gasteiger partial charge in [0.15, 0.2) is 11.2 Å². The molecule has 0 amide bonds. The maximum Gasteiger partial charge on any atom is 0.404 e. The summed E-state index contributed by atoms with van der Waals surface area (Å²) in [5.74, 6) is -0.132. The minimum atomic E-state index is -4.42. The highest BCUT2D eigenvalue weighted by atomic mass is 32.1. The number of rotatable bonds is 3. The van der Waals surface area contributed by atoms with Crippen molar-refractivity contribution in [2.24, 2.45) is 0 Å². The minimum Gasteiger partial charge on any atom is -0.338 e. The second-order valence-corrected chi connectivity index (χ2v) is 6.12. The van der Waals surface area contributed by atoms with E-state index in [1.807, 2.05) is 12.3 Å². The molecule has 9 heteroatoms. The van der Waals surface area contributed by atoms with Crippen molar-refractivity contribution in [2.75, 3.05) is 13.1 Å².